The Morgan fingerprint density at radius 3 is 2.73 bits per heavy atom. The molecule has 2 aliphatic heterocycles. The third-order valence-electron chi connectivity index (χ3n) is 4.16. The van der Waals surface area contributed by atoms with Crippen molar-refractivity contribution >= 4 is 5.78 Å². The Bertz CT molecular complexity index is 317. The smallest absolute Gasteiger partial charge is 0.192 e. The molecule has 3 aliphatic rings. The maximum absolute atomic E-state index is 11.9. The molecule has 4 heteroatoms. The fourth-order valence-electron chi connectivity index (χ4n) is 2.99. The summed E-state index contributed by atoms with van der Waals surface area (Å²) in [6.07, 6.45) is 2.40. The van der Waals surface area contributed by atoms with Crippen LogP contribution in [0.25, 0.3) is 0 Å². The predicted octanol–water partition coefficient (Wildman–Crippen LogP) is 2.06. The van der Waals surface area contributed by atoms with Crippen LogP contribution in [0.15, 0.2) is 5.18 Å². The fraction of sp³-hybridized carbons (Fsp3) is 0.909. The zero-order valence-electron chi connectivity index (χ0n) is 9.45. The number of nitroso groups, excluding NO2 is 1. The highest BCUT2D eigenvalue weighted by molar-refractivity contribution is 5.94. The molecule has 1 saturated carbocycles. The Kier molecular flexibility index (Phi) is 2.23. The highest BCUT2D eigenvalue weighted by Crippen LogP contribution is 2.50. The zero-order valence-corrected chi connectivity index (χ0v) is 9.45. The van der Waals surface area contributed by atoms with Crippen molar-refractivity contribution in [2.24, 2.45) is 11.1 Å². The molecule has 0 amide bonds. The number of carbonyl (C=O) groups is 1. The lowest BCUT2D eigenvalue weighted by molar-refractivity contribution is -0.231. The molecule has 4 atom stereocenters. The van der Waals surface area contributed by atoms with E-state index in [0.717, 1.165) is 19.3 Å². The number of hydrogen-bond donors (Lipinski definition) is 0. The summed E-state index contributed by atoms with van der Waals surface area (Å²) in [4.78, 5) is 22.7. The molecule has 2 heterocycles. The van der Waals surface area contributed by atoms with Gasteiger partial charge in [-0.2, -0.15) is 4.91 Å². The zero-order chi connectivity index (χ0) is 11.3. The number of ketones is 1. The number of ether oxygens (including phenoxy) is 1. The van der Waals surface area contributed by atoms with Crippen LogP contribution >= 0.6 is 0 Å². The lowest BCUT2D eigenvalue weighted by Gasteiger charge is -2.55. The molecule has 0 aromatic heterocycles. The van der Waals surface area contributed by atoms with E-state index in [9.17, 15) is 9.70 Å². The monoisotopic (exact) mass is 211 g/mol. The summed E-state index contributed by atoms with van der Waals surface area (Å²) in [6, 6.07) is -0.692. The second kappa shape index (κ2) is 3.11. The second-order valence-electron chi connectivity index (χ2n) is 5.06. The van der Waals surface area contributed by atoms with Gasteiger partial charge in [-0.1, -0.05) is 12.1 Å². The highest BCUT2D eigenvalue weighted by Gasteiger charge is 2.60. The van der Waals surface area contributed by atoms with Gasteiger partial charge in [0.05, 0.1) is 5.60 Å². The van der Waals surface area contributed by atoms with Crippen LogP contribution < -0.4 is 0 Å². The van der Waals surface area contributed by atoms with E-state index in [1.165, 1.54) is 0 Å². The first kappa shape index (κ1) is 10.7. The van der Waals surface area contributed by atoms with Gasteiger partial charge in [0.2, 0.25) is 0 Å². The van der Waals surface area contributed by atoms with Gasteiger partial charge >= 0.3 is 0 Å². The molecule has 0 spiro atoms. The molecule has 3 rings (SSSR count). The summed E-state index contributed by atoms with van der Waals surface area (Å²) in [7, 11) is 0. The van der Waals surface area contributed by atoms with E-state index in [4.69, 9.17) is 4.74 Å². The van der Waals surface area contributed by atoms with E-state index in [2.05, 4.69) is 5.18 Å². The minimum absolute atomic E-state index is 0.0330. The van der Waals surface area contributed by atoms with E-state index in [0.29, 0.717) is 0 Å². The van der Waals surface area contributed by atoms with Crippen LogP contribution in [0.3, 0.4) is 0 Å². The molecule has 84 valence electrons. The normalized spacial score (nSPS) is 49.4. The molecule has 2 saturated heterocycles. The molecular weight excluding hydrogens is 194 g/mol. The van der Waals surface area contributed by atoms with Crippen molar-refractivity contribution < 1.29 is 9.53 Å². The largest absolute Gasteiger partial charge is 0.361 e. The highest BCUT2D eigenvalue weighted by atomic mass is 16.5. The number of Topliss-reactive ketones (excluding diaryl/α,β-unsaturated/α-hetero) is 1. The van der Waals surface area contributed by atoms with Gasteiger partial charge in [0.25, 0.3) is 0 Å². The molecule has 2 bridgehead atoms. The van der Waals surface area contributed by atoms with Crippen LogP contribution in [0.4, 0.5) is 0 Å². The van der Waals surface area contributed by atoms with Gasteiger partial charge in [0.1, 0.15) is 5.60 Å². The van der Waals surface area contributed by atoms with E-state index < -0.39 is 11.6 Å². The van der Waals surface area contributed by atoms with Gasteiger partial charge in [0.15, 0.2) is 11.8 Å². The van der Waals surface area contributed by atoms with E-state index in [-0.39, 0.29) is 17.3 Å². The van der Waals surface area contributed by atoms with Crippen LogP contribution in [0.2, 0.25) is 0 Å². The summed E-state index contributed by atoms with van der Waals surface area (Å²) < 4.78 is 5.91. The van der Waals surface area contributed by atoms with Crippen molar-refractivity contribution in [2.45, 2.75) is 57.3 Å². The van der Waals surface area contributed by atoms with Crippen LogP contribution in [-0.2, 0) is 9.53 Å². The summed E-state index contributed by atoms with van der Waals surface area (Å²) in [5.41, 5.74) is -1.14. The Balaban J connectivity index is 2.41. The van der Waals surface area contributed by atoms with Crippen LogP contribution in [0, 0.1) is 10.8 Å². The SMILES string of the molecule is CCC1(C)OC2(C)CCC1C(N=O)C2=O. The average Bonchev–Trinajstić information content (AvgIpc) is 2.21. The maximum atomic E-state index is 11.9. The molecule has 3 fully saturated rings. The van der Waals surface area contributed by atoms with Crippen molar-refractivity contribution in [2.75, 3.05) is 0 Å². The Hall–Kier alpha value is -0.770. The van der Waals surface area contributed by atoms with Gasteiger partial charge in [0, 0.05) is 5.92 Å². The summed E-state index contributed by atoms with van der Waals surface area (Å²) in [6.45, 7) is 5.80. The number of hydrogen-bond acceptors (Lipinski definition) is 4. The van der Waals surface area contributed by atoms with Crippen molar-refractivity contribution in [3.63, 3.8) is 0 Å². The van der Waals surface area contributed by atoms with Crippen LogP contribution in [0.1, 0.15) is 40.0 Å². The first-order valence-corrected chi connectivity index (χ1v) is 5.54. The van der Waals surface area contributed by atoms with Crippen molar-refractivity contribution in [3.05, 3.63) is 4.91 Å². The summed E-state index contributed by atoms with van der Waals surface area (Å²) >= 11 is 0. The van der Waals surface area contributed by atoms with E-state index >= 15 is 0 Å². The summed E-state index contributed by atoms with van der Waals surface area (Å²) in [5, 5.41) is 3.02. The molecule has 15 heavy (non-hydrogen) atoms. The Labute approximate surface area is 89.3 Å². The lowest BCUT2D eigenvalue weighted by Crippen LogP contribution is -2.66. The summed E-state index contributed by atoms with van der Waals surface area (Å²) in [5.74, 6) is -0.158. The molecule has 0 aromatic rings. The predicted molar refractivity (Wildman–Crippen MR) is 55.5 cm³/mol. The number of fused-ring (bicyclic) bond motifs is 3. The third-order valence-corrected chi connectivity index (χ3v) is 4.16. The van der Waals surface area contributed by atoms with E-state index in [1.807, 2.05) is 13.8 Å². The van der Waals surface area contributed by atoms with Gasteiger partial charge in [-0.3, -0.25) is 4.79 Å². The minimum atomic E-state index is -0.780. The lowest BCUT2D eigenvalue weighted by atomic mass is 9.64. The minimum Gasteiger partial charge on any atom is -0.361 e. The maximum Gasteiger partial charge on any atom is 0.192 e. The van der Waals surface area contributed by atoms with Gasteiger partial charge < -0.3 is 4.74 Å². The number of carbonyl (C=O) groups excluding carboxylic acids is 1. The topological polar surface area (TPSA) is 55.7 Å². The van der Waals surface area contributed by atoms with Gasteiger partial charge in [-0.05, 0) is 33.1 Å². The molecule has 0 N–H and O–H groups in total. The second-order valence-corrected chi connectivity index (χ2v) is 5.06. The van der Waals surface area contributed by atoms with Gasteiger partial charge in [-0.15, -0.1) is 0 Å². The first-order chi connectivity index (χ1) is 6.97. The molecular formula is C11H17NO3. The average molecular weight is 211 g/mol. The standard InChI is InChI=1S/C11H17NO3/c1-4-10(2)7-5-6-11(3,15-10)9(13)8(7)12-14/h7-8H,4-6H2,1-3H3. The fourth-order valence-corrected chi connectivity index (χ4v) is 2.99. The van der Waals surface area contributed by atoms with Crippen LogP contribution in [-0.4, -0.2) is 23.0 Å². The van der Waals surface area contributed by atoms with E-state index in [1.54, 1.807) is 6.92 Å². The quantitative estimate of drug-likeness (QED) is 0.657. The number of nitrogens with zero attached hydrogens (tertiary/aromatic N) is 1. The Morgan fingerprint density at radius 2 is 2.20 bits per heavy atom. The van der Waals surface area contributed by atoms with Gasteiger partial charge in [-0.25, -0.2) is 0 Å². The van der Waals surface area contributed by atoms with Crippen LogP contribution in [0.5, 0.6) is 0 Å². The van der Waals surface area contributed by atoms with Crippen molar-refractivity contribution in [1.29, 1.82) is 0 Å². The molecule has 4 unspecified atom stereocenters. The molecule has 4 nitrogen and oxygen atoms in total. The first-order valence-electron chi connectivity index (χ1n) is 5.54. The molecule has 0 radical (unpaired) electrons. The molecule has 1 aliphatic carbocycles. The molecule has 0 aromatic carbocycles. The Morgan fingerprint density at radius 1 is 1.53 bits per heavy atom. The van der Waals surface area contributed by atoms with Crippen molar-refractivity contribution in [3.8, 4) is 0 Å². The van der Waals surface area contributed by atoms with Crippen molar-refractivity contribution in [1.82, 2.24) is 0 Å². The third kappa shape index (κ3) is 1.27. The number of rotatable bonds is 2.